The molecule has 1 saturated heterocycles. The van der Waals surface area contributed by atoms with Crippen molar-refractivity contribution < 1.29 is 9.53 Å². The van der Waals surface area contributed by atoms with Gasteiger partial charge in [-0.1, -0.05) is 0 Å². The number of nitrogens with zero attached hydrogens (tertiary/aromatic N) is 3. The first-order chi connectivity index (χ1) is 12.4. The molecule has 2 aliphatic carbocycles. The van der Waals surface area contributed by atoms with Gasteiger partial charge < -0.3 is 19.9 Å². The Bertz CT molecular complexity index is 512. The molecule has 6 heteroatoms. The summed E-state index contributed by atoms with van der Waals surface area (Å²) in [5.41, 5.74) is -0.436. The van der Waals surface area contributed by atoms with Gasteiger partial charge in [-0.05, 0) is 71.1 Å². The van der Waals surface area contributed by atoms with Crippen molar-refractivity contribution in [2.75, 3.05) is 33.2 Å². The highest BCUT2D eigenvalue weighted by molar-refractivity contribution is 5.80. The molecule has 0 radical (unpaired) electrons. The number of rotatable bonds is 5. The average Bonchev–Trinajstić information content (AvgIpc) is 3.47. The highest BCUT2D eigenvalue weighted by Crippen LogP contribution is 2.32. The quantitative estimate of drug-likeness (QED) is 0.602. The van der Waals surface area contributed by atoms with E-state index in [1.54, 1.807) is 0 Å². The van der Waals surface area contributed by atoms with E-state index in [4.69, 9.17) is 4.74 Å². The maximum atomic E-state index is 12.7. The predicted octanol–water partition coefficient (Wildman–Crippen LogP) is 3.08. The second-order valence-corrected chi connectivity index (χ2v) is 9.17. The van der Waals surface area contributed by atoms with Gasteiger partial charge in [-0.2, -0.15) is 0 Å². The molecule has 0 aromatic rings. The lowest BCUT2D eigenvalue weighted by molar-refractivity contribution is 0.00928. The smallest absolute Gasteiger partial charge is 0.410 e. The molecular weight excluding hydrogens is 328 g/mol. The summed E-state index contributed by atoms with van der Waals surface area (Å²) < 4.78 is 5.69. The number of amides is 1. The van der Waals surface area contributed by atoms with E-state index < -0.39 is 5.60 Å². The van der Waals surface area contributed by atoms with Crippen LogP contribution in [0.1, 0.15) is 59.3 Å². The molecule has 0 unspecified atom stereocenters. The van der Waals surface area contributed by atoms with E-state index in [2.05, 4.69) is 15.2 Å². The maximum absolute atomic E-state index is 12.7. The Balaban J connectivity index is 1.53. The molecule has 0 bridgehead atoms. The van der Waals surface area contributed by atoms with Crippen molar-refractivity contribution in [2.45, 2.75) is 70.9 Å². The number of carbonyl (C=O) groups excluding carboxylic acids is 1. The average molecular weight is 365 g/mol. The molecule has 6 nitrogen and oxygen atoms in total. The first kappa shape index (κ1) is 19.3. The van der Waals surface area contributed by atoms with Crippen LogP contribution in [0.15, 0.2) is 4.99 Å². The Kier molecular flexibility index (Phi) is 5.98. The van der Waals surface area contributed by atoms with Gasteiger partial charge in [0.05, 0.1) is 0 Å². The van der Waals surface area contributed by atoms with Crippen molar-refractivity contribution in [2.24, 2.45) is 16.8 Å². The molecule has 1 heterocycles. The molecule has 1 amide bonds. The van der Waals surface area contributed by atoms with Gasteiger partial charge in [-0.15, -0.1) is 0 Å². The summed E-state index contributed by atoms with van der Waals surface area (Å²) >= 11 is 0. The fraction of sp³-hybridized carbons (Fsp3) is 0.900. The van der Waals surface area contributed by atoms with E-state index in [0.29, 0.717) is 5.92 Å². The SMILES string of the molecule is CN=C(NCC1CC1)N1CCC(N(CC2CC2)C(=O)OC(C)(C)C)CC1. The van der Waals surface area contributed by atoms with Crippen LogP contribution in [0.5, 0.6) is 0 Å². The van der Waals surface area contributed by atoms with E-state index in [0.717, 1.165) is 50.9 Å². The van der Waals surface area contributed by atoms with Crippen LogP contribution < -0.4 is 5.32 Å². The van der Waals surface area contributed by atoms with Gasteiger partial charge >= 0.3 is 6.09 Å². The minimum atomic E-state index is -0.436. The van der Waals surface area contributed by atoms with E-state index >= 15 is 0 Å². The monoisotopic (exact) mass is 364 g/mol. The van der Waals surface area contributed by atoms with E-state index in [1.165, 1.54) is 25.7 Å². The molecule has 1 aliphatic heterocycles. The topological polar surface area (TPSA) is 57.2 Å². The number of hydrogen-bond donors (Lipinski definition) is 1. The Morgan fingerprint density at radius 1 is 1.12 bits per heavy atom. The third kappa shape index (κ3) is 5.78. The first-order valence-corrected chi connectivity index (χ1v) is 10.3. The molecule has 3 fully saturated rings. The Morgan fingerprint density at radius 2 is 1.73 bits per heavy atom. The maximum Gasteiger partial charge on any atom is 0.410 e. The van der Waals surface area contributed by atoms with Gasteiger partial charge in [-0.3, -0.25) is 4.99 Å². The number of guanidine groups is 1. The number of carbonyl (C=O) groups is 1. The molecule has 0 atom stereocenters. The van der Waals surface area contributed by atoms with Crippen LogP contribution in [0.25, 0.3) is 0 Å². The summed E-state index contributed by atoms with van der Waals surface area (Å²) in [6.07, 6.45) is 7.01. The Hall–Kier alpha value is -1.46. The van der Waals surface area contributed by atoms with Gasteiger partial charge in [0.1, 0.15) is 5.60 Å². The summed E-state index contributed by atoms with van der Waals surface area (Å²) in [4.78, 5) is 21.5. The number of ether oxygens (including phenoxy) is 1. The fourth-order valence-electron chi connectivity index (χ4n) is 3.55. The van der Waals surface area contributed by atoms with Crippen molar-refractivity contribution in [3.63, 3.8) is 0 Å². The number of aliphatic imine (C=N–C) groups is 1. The largest absolute Gasteiger partial charge is 0.444 e. The van der Waals surface area contributed by atoms with Gasteiger partial charge in [0, 0.05) is 39.3 Å². The molecule has 1 N–H and O–H groups in total. The van der Waals surface area contributed by atoms with Crippen LogP contribution >= 0.6 is 0 Å². The molecule has 3 aliphatic rings. The van der Waals surface area contributed by atoms with Gasteiger partial charge in [-0.25, -0.2) is 4.79 Å². The molecule has 0 aromatic carbocycles. The molecule has 0 aromatic heterocycles. The second kappa shape index (κ2) is 8.05. The molecule has 3 rings (SSSR count). The standard InChI is InChI=1S/C20H36N4O2/c1-20(2,3)26-19(25)24(14-16-7-8-16)17-9-11-23(12-10-17)18(21-4)22-13-15-5-6-15/h15-17H,5-14H2,1-4H3,(H,21,22). The van der Waals surface area contributed by atoms with E-state index in [-0.39, 0.29) is 12.1 Å². The number of hydrogen-bond acceptors (Lipinski definition) is 3. The van der Waals surface area contributed by atoms with Crippen LogP contribution in [0.3, 0.4) is 0 Å². The third-order valence-corrected chi connectivity index (χ3v) is 5.44. The second-order valence-electron chi connectivity index (χ2n) is 9.17. The summed E-state index contributed by atoms with van der Waals surface area (Å²) in [5, 5.41) is 3.51. The number of nitrogens with one attached hydrogen (secondary N) is 1. The zero-order valence-corrected chi connectivity index (χ0v) is 17.0. The molecule has 0 spiro atoms. The van der Waals surface area contributed by atoms with Gasteiger partial charge in [0.2, 0.25) is 0 Å². The Labute approximate surface area is 158 Å². The van der Waals surface area contributed by atoms with Crippen LogP contribution in [0, 0.1) is 11.8 Å². The van der Waals surface area contributed by atoms with Crippen LogP contribution in [-0.4, -0.2) is 66.7 Å². The number of piperidine rings is 1. The van der Waals surface area contributed by atoms with Gasteiger partial charge in [0.15, 0.2) is 5.96 Å². The lowest BCUT2D eigenvalue weighted by Crippen LogP contribution is -2.52. The molecule has 148 valence electrons. The molecular formula is C20H36N4O2. The summed E-state index contributed by atoms with van der Waals surface area (Å²) in [6, 6.07) is 0.281. The normalized spacial score (nSPS) is 22.3. The van der Waals surface area contributed by atoms with Crippen molar-refractivity contribution in [3.8, 4) is 0 Å². The van der Waals surface area contributed by atoms with Crippen LogP contribution in [0.4, 0.5) is 4.79 Å². The van der Waals surface area contributed by atoms with E-state index in [1.807, 2.05) is 32.7 Å². The van der Waals surface area contributed by atoms with Crippen molar-refractivity contribution in [3.05, 3.63) is 0 Å². The van der Waals surface area contributed by atoms with Crippen LogP contribution in [0.2, 0.25) is 0 Å². The van der Waals surface area contributed by atoms with Crippen LogP contribution in [-0.2, 0) is 4.74 Å². The Morgan fingerprint density at radius 3 is 2.23 bits per heavy atom. The number of likely N-dealkylation sites (tertiary alicyclic amines) is 1. The highest BCUT2D eigenvalue weighted by atomic mass is 16.6. The minimum absolute atomic E-state index is 0.140. The van der Waals surface area contributed by atoms with E-state index in [9.17, 15) is 4.79 Å². The summed E-state index contributed by atoms with van der Waals surface area (Å²) in [6.45, 7) is 9.61. The molecule has 26 heavy (non-hydrogen) atoms. The summed E-state index contributed by atoms with van der Waals surface area (Å²) in [5.74, 6) is 2.53. The first-order valence-electron chi connectivity index (χ1n) is 10.3. The third-order valence-electron chi connectivity index (χ3n) is 5.44. The molecule has 2 saturated carbocycles. The van der Waals surface area contributed by atoms with Crippen molar-refractivity contribution in [1.82, 2.24) is 15.1 Å². The predicted molar refractivity (Wildman–Crippen MR) is 104 cm³/mol. The van der Waals surface area contributed by atoms with Crippen molar-refractivity contribution in [1.29, 1.82) is 0 Å². The fourth-order valence-corrected chi connectivity index (χ4v) is 3.55. The van der Waals surface area contributed by atoms with Gasteiger partial charge in [0.25, 0.3) is 0 Å². The summed E-state index contributed by atoms with van der Waals surface area (Å²) in [7, 11) is 1.86. The minimum Gasteiger partial charge on any atom is -0.444 e. The zero-order valence-electron chi connectivity index (χ0n) is 17.0. The lowest BCUT2D eigenvalue weighted by atomic mass is 10.0. The highest BCUT2D eigenvalue weighted by Gasteiger charge is 2.35. The van der Waals surface area contributed by atoms with Crippen molar-refractivity contribution >= 4 is 12.1 Å². The zero-order chi connectivity index (χ0) is 18.7. The lowest BCUT2D eigenvalue weighted by Gasteiger charge is -2.40.